The fraction of sp³-hybridized carbons (Fsp3) is 0.778. The van der Waals surface area contributed by atoms with Crippen LogP contribution < -0.4 is 0 Å². The van der Waals surface area contributed by atoms with Gasteiger partial charge in [0.1, 0.15) is 24.9 Å². The Morgan fingerprint density at radius 2 is 1.38 bits per heavy atom. The van der Waals surface area contributed by atoms with Crippen molar-refractivity contribution >= 4 is 0 Å². The average molecular weight is 388 g/mol. The van der Waals surface area contributed by atoms with Crippen molar-refractivity contribution < 1.29 is 35.8 Å². The van der Waals surface area contributed by atoms with Crippen molar-refractivity contribution in [1.82, 2.24) is 0 Å². The molecule has 0 radical (unpaired) electrons. The van der Waals surface area contributed by atoms with Gasteiger partial charge >= 0.3 is 12.4 Å². The maximum atomic E-state index is 12.8. The minimum atomic E-state index is -4.62. The summed E-state index contributed by atoms with van der Waals surface area (Å²) in [6.07, 6.45) is -6.09. The van der Waals surface area contributed by atoms with E-state index < -0.39 is 48.1 Å². The van der Waals surface area contributed by atoms with Gasteiger partial charge in [0, 0.05) is 0 Å². The van der Waals surface area contributed by atoms with E-state index in [1.807, 2.05) is 20.8 Å². The molecule has 1 aliphatic carbocycles. The van der Waals surface area contributed by atoms with Gasteiger partial charge in [0.2, 0.25) is 0 Å². The molecule has 0 bridgehead atoms. The smallest absolute Gasteiger partial charge is 0.361 e. The second kappa shape index (κ2) is 7.19. The summed E-state index contributed by atoms with van der Waals surface area (Å²) in [5, 5.41) is 0. The highest BCUT2D eigenvalue weighted by molar-refractivity contribution is 5.37. The predicted octanol–water partition coefficient (Wildman–Crippen LogP) is 5.84. The van der Waals surface area contributed by atoms with E-state index in [2.05, 4.69) is 0 Å². The van der Waals surface area contributed by atoms with Crippen LogP contribution in [0.1, 0.15) is 41.5 Å². The van der Waals surface area contributed by atoms with Crippen molar-refractivity contribution in [3.8, 4) is 0 Å². The second-order valence-corrected chi connectivity index (χ2v) is 8.50. The van der Waals surface area contributed by atoms with Crippen LogP contribution in [-0.4, -0.2) is 37.3 Å². The van der Waals surface area contributed by atoms with Crippen LogP contribution in [0.4, 0.5) is 26.3 Å². The summed E-state index contributed by atoms with van der Waals surface area (Å²) in [5.74, 6) is 0. The van der Waals surface area contributed by atoms with Crippen LogP contribution in [0.15, 0.2) is 23.8 Å². The van der Waals surface area contributed by atoms with Gasteiger partial charge in [-0.1, -0.05) is 47.6 Å². The molecule has 2 atom stereocenters. The molecule has 0 heterocycles. The van der Waals surface area contributed by atoms with Crippen molar-refractivity contribution in [1.29, 1.82) is 0 Å². The average Bonchev–Trinajstić information content (AvgIpc) is 2.39. The van der Waals surface area contributed by atoms with Crippen LogP contribution in [0.25, 0.3) is 0 Å². The molecule has 1 rings (SSSR count). The van der Waals surface area contributed by atoms with Crippen molar-refractivity contribution in [2.24, 2.45) is 10.8 Å². The van der Waals surface area contributed by atoms with E-state index in [4.69, 9.17) is 9.47 Å². The minimum Gasteiger partial charge on any atom is -0.361 e. The van der Waals surface area contributed by atoms with E-state index in [-0.39, 0.29) is 0 Å². The number of allylic oxidation sites excluding steroid dienone is 2. The largest absolute Gasteiger partial charge is 0.411 e. The zero-order valence-electron chi connectivity index (χ0n) is 15.8. The van der Waals surface area contributed by atoms with Gasteiger partial charge in [-0.2, -0.15) is 26.3 Å². The third-order valence-corrected chi connectivity index (χ3v) is 4.20. The van der Waals surface area contributed by atoms with E-state index in [0.29, 0.717) is 5.57 Å². The molecule has 0 saturated heterocycles. The molecular weight excluding hydrogens is 362 g/mol. The maximum Gasteiger partial charge on any atom is 0.411 e. The molecule has 152 valence electrons. The molecular formula is C18H26F6O2. The third kappa shape index (κ3) is 6.01. The van der Waals surface area contributed by atoms with Crippen LogP contribution in [0.5, 0.6) is 0 Å². The summed E-state index contributed by atoms with van der Waals surface area (Å²) in [7, 11) is 0. The quantitative estimate of drug-likeness (QED) is 0.564. The molecule has 1 aliphatic rings. The highest BCUT2D eigenvalue weighted by Gasteiger charge is 2.52. The van der Waals surface area contributed by atoms with Crippen LogP contribution in [0.3, 0.4) is 0 Å². The fourth-order valence-corrected chi connectivity index (χ4v) is 2.73. The predicted molar refractivity (Wildman–Crippen MR) is 86.7 cm³/mol. The molecule has 0 amide bonds. The van der Waals surface area contributed by atoms with Crippen LogP contribution in [0.2, 0.25) is 0 Å². The first-order valence-electron chi connectivity index (χ1n) is 8.18. The van der Waals surface area contributed by atoms with Crippen LogP contribution in [0, 0.1) is 10.8 Å². The Labute approximate surface area is 150 Å². The second-order valence-electron chi connectivity index (χ2n) is 8.50. The molecule has 0 N–H and O–H groups in total. The topological polar surface area (TPSA) is 18.5 Å². The number of rotatable bonds is 4. The highest BCUT2D eigenvalue weighted by Crippen LogP contribution is 2.45. The van der Waals surface area contributed by atoms with E-state index >= 15 is 0 Å². The first-order chi connectivity index (χ1) is 11.4. The van der Waals surface area contributed by atoms with Crippen LogP contribution in [-0.2, 0) is 9.47 Å². The molecule has 0 aromatic carbocycles. The van der Waals surface area contributed by atoms with Crippen molar-refractivity contribution in [3.63, 3.8) is 0 Å². The molecule has 0 spiro atoms. The lowest BCUT2D eigenvalue weighted by molar-refractivity contribution is -0.248. The SMILES string of the molecule is CC(C)(C)C1=CC(OCC(F)(F)F)C(OCC(F)(F)F)(C(C)(C)C)C=C1. The zero-order chi connectivity index (χ0) is 20.6. The van der Waals surface area contributed by atoms with Gasteiger partial charge in [-0.05, 0) is 28.6 Å². The van der Waals surface area contributed by atoms with Gasteiger partial charge in [-0.15, -0.1) is 0 Å². The van der Waals surface area contributed by atoms with E-state index in [0.717, 1.165) is 0 Å². The summed E-state index contributed by atoms with van der Waals surface area (Å²) in [6.45, 7) is 7.21. The number of hydrogen-bond donors (Lipinski definition) is 0. The summed E-state index contributed by atoms with van der Waals surface area (Å²) >= 11 is 0. The van der Waals surface area contributed by atoms with E-state index in [1.165, 1.54) is 12.2 Å². The fourth-order valence-electron chi connectivity index (χ4n) is 2.73. The van der Waals surface area contributed by atoms with E-state index in [9.17, 15) is 26.3 Å². The highest BCUT2D eigenvalue weighted by atomic mass is 19.4. The molecule has 0 saturated carbocycles. The number of ether oxygens (including phenoxy) is 2. The molecule has 0 fully saturated rings. The first kappa shape index (κ1) is 23.0. The van der Waals surface area contributed by atoms with Gasteiger partial charge in [-0.3, -0.25) is 0 Å². The molecule has 2 nitrogen and oxygen atoms in total. The van der Waals surface area contributed by atoms with Crippen molar-refractivity contribution in [2.45, 2.75) is 65.6 Å². The Morgan fingerprint density at radius 1 is 0.885 bits per heavy atom. The van der Waals surface area contributed by atoms with Crippen molar-refractivity contribution in [2.75, 3.05) is 13.2 Å². The summed E-state index contributed by atoms with van der Waals surface area (Å²) in [4.78, 5) is 0. The zero-order valence-corrected chi connectivity index (χ0v) is 15.8. The number of hydrogen-bond acceptors (Lipinski definition) is 2. The van der Waals surface area contributed by atoms with Gasteiger partial charge in [0.15, 0.2) is 0 Å². The Bertz CT molecular complexity index is 546. The Hall–Kier alpha value is -1.02. The number of alkyl halides is 6. The normalized spacial score (nSPS) is 25.4. The Balaban J connectivity index is 3.34. The molecule has 26 heavy (non-hydrogen) atoms. The van der Waals surface area contributed by atoms with Gasteiger partial charge < -0.3 is 9.47 Å². The molecule has 2 unspecified atom stereocenters. The van der Waals surface area contributed by atoms with Gasteiger partial charge in [0.25, 0.3) is 0 Å². The lowest BCUT2D eigenvalue weighted by atomic mass is 9.68. The Morgan fingerprint density at radius 3 is 1.77 bits per heavy atom. The first-order valence-corrected chi connectivity index (χ1v) is 8.18. The summed E-state index contributed by atoms with van der Waals surface area (Å²) in [5.41, 5.74) is -2.39. The summed E-state index contributed by atoms with van der Waals surface area (Å²) < 4.78 is 86.5. The minimum absolute atomic E-state index is 0.412. The molecule has 8 heteroatoms. The van der Waals surface area contributed by atoms with E-state index in [1.54, 1.807) is 26.8 Å². The Kier molecular flexibility index (Phi) is 6.36. The maximum absolute atomic E-state index is 12.8. The monoisotopic (exact) mass is 388 g/mol. The van der Waals surface area contributed by atoms with Crippen LogP contribution >= 0.6 is 0 Å². The summed E-state index contributed by atoms with van der Waals surface area (Å²) in [6, 6.07) is 0. The van der Waals surface area contributed by atoms with Crippen molar-refractivity contribution in [3.05, 3.63) is 23.8 Å². The third-order valence-electron chi connectivity index (χ3n) is 4.20. The molecule has 0 aromatic rings. The molecule has 0 aliphatic heterocycles. The number of halogens is 6. The lowest BCUT2D eigenvalue weighted by Gasteiger charge is -2.48. The lowest BCUT2D eigenvalue weighted by Crippen LogP contribution is -2.56. The standard InChI is InChI=1S/C18H26F6O2/c1-14(2,3)12-7-8-16(15(4,5)6,26-11-18(22,23)24)13(9-12)25-10-17(19,20)21/h7-9,13H,10-11H2,1-6H3. The molecule has 0 aromatic heterocycles. The van der Waals surface area contributed by atoms with Gasteiger partial charge in [0.05, 0.1) is 0 Å². The van der Waals surface area contributed by atoms with Gasteiger partial charge in [-0.25, -0.2) is 0 Å².